The quantitative estimate of drug-likeness (QED) is 0.871. The highest BCUT2D eigenvalue weighted by atomic mass is 35.5. The van der Waals surface area contributed by atoms with Gasteiger partial charge in [-0.15, -0.1) is 0 Å². The number of rotatable bonds is 4. The molecule has 3 rings (SSSR count). The molecule has 2 aromatic rings. The molecule has 0 spiro atoms. The molecule has 24 heavy (non-hydrogen) atoms. The minimum absolute atomic E-state index is 0.152. The van der Waals surface area contributed by atoms with E-state index in [-0.39, 0.29) is 4.90 Å². The lowest BCUT2D eigenvalue weighted by Gasteiger charge is -2.25. The van der Waals surface area contributed by atoms with Crippen molar-refractivity contribution in [2.24, 2.45) is 0 Å². The van der Waals surface area contributed by atoms with Crippen LogP contribution < -0.4 is 5.32 Å². The lowest BCUT2D eigenvalue weighted by Crippen LogP contribution is -2.40. The number of aromatic nitrogens is 1. The maximum absolute atomic E-state index is 12.5. The molecule has 1 aliphatic heterocycles. The van der Waals surface area contributed by atoms with Crippen LogP contribution in [0.4, 0.5) is 11.5 Å². The van der Waals surface area contributed by atoms with Crippen molar-refractivity contribution in [1.29, 1.82) is 0 Å². The summed E-state index contributed by atoms with van der Waals surface area (Å²) in [6, 6.07) is 8.15. The Morgan fingerprint density at radius 3 is 2.33 bits per heavy atom. The van der Waals surface area contributed by atoms with Crippen LogP contribution in [0.2, 0.25) is 10.0 Å². The van der Waals surface area contributed by atoms with E-state index < -0.39 is 10.0 Å². The molecule has 0 saturated carbocycles. The van der Waals surface area contributed by atoms with Crippen molar-refractivity contribution >= 4 is 44.7 Å². The number of pyridine rings is 1. The van der Waals surface area contributed by atoms with Gasteiger partial charge in [0.1, 0.15) is 10.7 Å². The molecule has 6 nitrogen and oxygen atoms in total. The number of morpholine rings is 1. The molecule has 128 valence electrons. The lowest BCUT2D eigenvalue weighted by molar-refractivity contribution is 0.0730. The molecule has 0 aliphatic carbocycles. The van der Waals surface area contributed by atoms with E-state index in [1.807, 2.05) is 0 Å². The van der Waals surface area contributed by atoms with Gasteiger partial charge in [0.2, 0.25) is 10.0 Å². The smallest absolute Gasteiger partial charge is 0.244 e. The normalized spacial score (nSPS) is 16.1. The minimum atomic E-state index is -3.54. The molecule has 0 atom stereocenters. The molecule has 1 aromatic heterocycles. The zero-order chi connectivity index (χ0) is 17.2. The summed E-state index contributed by atoms with van der Waals surface area (Å²) in [7, 11) is -3.54. The third-order valence-electron chi connectivity index (χ3n) is 3.48. The highest BCUT2D eigenvalue weighted by Crippen LogP contribution is 2.25. The zero-order valence-corrected chi connectivity index (χ0v) is 14.9. The number of nitrogens with zero attached hydrogens (tertiary/aromatic N) is 2. The monoisotopic (exact) mass is 387 g/mol. The maximum Gasteiger partial charge on any atom is 0.244 e. The Labute approximate surface area is 150 Å². The first kappa shape index (κ1) is 17.4. The fraction of sp³-hybridized carbons (Fsp3) is 0.267. The van der Waals surface area contributed by atoms with Crippen LogP contribution in [-0.4, -0.2) is 44.0 Å². The zero-order valence-electron chi connectivity index (χ0n) is 12.6. The van der Waals surface area contributed by atoms with Gasteiger partial charge in [-0.25, -0.2) is 13.4 Å². The molecule has 2 heterocycles. The third-order valence-corrected chi connectivity index (χ3v) is 5.80. The number of anilines is 2. The van der Waals surface area contributed by atoms with Crippen LogP contribution in [0.3, 0.4) is 0 Å². The minimum Gasteiger partial charge on any atom is -0.379 e. The fourth-order valence-electron chi connectivity index (χ4n) is 2.32. The van der Waals surface area contributed by atoms with Crippen molar-refractivity contribution in [3.8, 4) is 0 Å². The molecule has 1 saturated heterocycles. The van der Waals surface area contributed by atoms with Gasteiger partial charge in [-0.3, -0.25) is 0 Å². The molecule has 1 fully saturated rings. The summed E-state index contributed by atoms with van der Waals surface area (Å²) in [5.74, 6) is 0.495. The highest BCUT2D eigenvalue weighted by molar-refractivity contribution is 7.89. The molecule has 1 aliphatic rings. The number of sulfonamides is 1. The Bertz CT molecular complexity index is 802. The first-order valence-electron chi connectivity index (χ1n) is 7.22. The van der Waals surface area contributed by atoms with Crippen LogP contribution in [0, 0.1) is 0 Å². The number of hydrogen-bond donors (Lipinski definition) is 1. The SMILES string of the molecule is O=S(=O)(c1ccc(Nc2cc(Cl)cc(Cl)c2)nc1)N1CCOCC1. The van der Waals surface area contributed by atoms with Crippen LogP contribution >= 0.6 is 23.2 Å². The first-order valence-corrected chi connectivity index (χ1v) is 9.42. The first-order chi connectivity index (χ1) is 11.4. The van der Waals surface area contributed by atoms with Gasteiger partial charge >= 0.3 is 0 Å². The molecule has 1 N–H and O–H groups in total. The predicted molar refractivity (Wildman–Crippen MR) is 93.6 cm³/mol. The summed E-state index contributed by atoms with van der Waals surface area (Å²) in [5.41, 5.74) is 0.670. The average Bonchev–Trinajstić information content (AvgIpc) is 2.55. The number of hydrogen-bond acceptors (Lipinski definition) is 5. The number of halogens is 2. The van der Waals surface area contributed by atoms with E-state index in [0.29, 0.717) is 47.9 Å². The van der Waals surface area contributed by atoms with Gasteiger partial charge in [0.25, 0.3) is 0 Å². The van der Waals surface area contributed by atoms with Gasteiger partial charge in [0, 0.05) is 35.0 Å². The fourth-order valence-corrected chi connectivity index (χ4v) is 4.20. The molecule has 9 heteroatoms. The van der Waals surface area contributed by atoms with Crippen molar-refractivity contribution in [1.82, 2.24) is 9.29 Å². The summed E-state index contributed by atoms with van der Waals surface area (Å²) in [6.45, 7) is 1.51. The van der Waals surface area contributed by atoms with Crippen LogP contribution in [0.5, 0.6) is 0 Å². The second-order valence-electron chi connectivity index (χ2n) is 5.18. The van der Waals surface area contributed by atoms with Gasteiger partial charge in [-0.05, 0) is 30.3 Å². The number of nitrogens with one attached hydrogen (secondary N) is 1. The summed E-state index contributed by atoms with van der Waals surface area (Å²) in [6.07, 6.45) is 1.33. The van der Waals surface area contributed by atoms with Crippen LogP contribution in [0.25, 0.3) is 0 Å². The molecule has 0 unspecified atom stereocenters. The van der Waals surface area contributed by atoms with E-state index in [9.17, 15) is 8.42 Å². The average molecular weight is 388 g/mol. The Morgan fingerprint density at radius 2 is 1.75 bits per heavy atom. The Morgan fingerprint density at radius 1 is 1.08 bits per heavy atom. The van der Waals surface area contributed by atoms with Crippen LogP contribution in [0.1, 0.15) is 0 Å². The largest absolute Gasteiger partial charge is 0.379 e. The van der Waals surface area contributed by atoms with E-state index in [4.69, 9.17) is 27.9 Å². The van der Waals surface area contributed by atoms with Crippen molar-refractivity contribution in [3.63, 3.8) is 0 Å². The van der Waals surface area contributed by atoms with Crippen LogP contribution in [-0.2, 0) is 14.8 Å². The number of benzene rings is 1. The van der Waals surface area contributed by atoms with Gasteiger partial charge in [-0.2, -0.15) is 4.31 Å². The molecule has 0 amide bonds. The van der Waals surface area contributed by atoms with Crippen molar-refractivity contribution in [2.75, 3.05) is 31.6 Å². The third kappa shape index (κ3) is 3.99. The topological polar surface area (TPSA) is 71.5 Å². The highest BCUT2D eigenvalue weighted by Gasteiger charge is 2.26. The van der Waals surface area contributed by atoms with E-state index in [0.717, 1.165) is 0 Å². The van der Waals surface area contributed by atoms with Crippen molar-refractivity contribution in [2.45, 2.75) is 4.90 Å². The van der Waals surface area contributed by atoms with Gasteiger partial charge in [0.05, 0.1) is 13.2 Å². The Kier molecular flexibility index (Phi) is 5.27. The molecule has 1 aromatic carbocycles. The Balaban J connectivity index is 1.77. The van der Waals surface area contributed by atoms with E-state index >= 15 is 0 Å². The van der Waals surface area contributed by atoms with E-state index in [1.165, 1.54) is 16.6 Å². The molecular weight excluding hydrogens is 373 g/mol. The molecular formula is C15H15Cl2N3O3S. The summed E-state index contributed by atoms with van der Waals surface area (Å²) in [4.78, 5) is 4.31. The number of ether oxygens (including phenoxy) is 1. The predicted octanol–water partition coefficient (Wildman–Crippen LogP) is 3.15. The van der Waals surface area contributed by atoms with Crippen molar-refractivity contribution < 1.29 is 13.2 Å². The van der Waals surface area contributed by atoms with Gasteiger partial charge in [0.15, 0.2) is 0 Å². The Hall–Kier alpha value is -1.38. The summed E-state index contributed by atoms with van der Waals surface area (Å²) >= 11 is 11.9. The second kappa shape index (κ2) is 7.25. The summed E-state index contributed by atoms with van der Waals surface area (Å²) < 4.78 is 31.6. The standard InChI is InChI=1S/C15H15Cl2N3O3S/c16-11-7-12(17)9-13(8-11)19-15-2-1-14(10-18-15)24(21,22)20-3-5-23-6-4-20/h1-2,7-10H,3-6H2,(H,18,19). The van der Waals surface area contributed by atoms with E-state index in [2.05, 4.69) is 10.3 Å². The lowest BCUT2D eigenvalue weighted by atomic mass is 10.3. The van der Waals surface area contributed by atoms with Crippen molar-refractivity contribution in [3.05, 3.63) is 46.6 Å². The van der Waals surface area contributed by atoms with Gasteiger partial charge < -0.3 is 10.1 Å². The van der Waals surface area contributed by atoms with E-state index in [1.54, 1.807) is 24.3 Å². The maximum atomic E-state index is 12.5. The molecule has 0 radical (unpaired) electrons. The van der Waals surface area contributed by atoms with Gasteiger partial charge in [-0.1, -0.05) is 23.2 Å². The summed E-state index contributed by atoms with van der Waals surface area (Å²) in [5, 5.41) is 4.03. The molecule has 0 bridgehead atoms. The van der Waals surface area contributed by atoms with Crippen LogP contribution in [0.15, 0.2) is 41.4 Å². The second-order valence-corrected chi connectivity index (χ2v) is 7.99.